The van der Waals surface area contributed by atoms with Crippen LogP contribution in [0.1, 0.15) is 23.2 Å². The summed E-state index contributed by atoms with van der Waals surface area (Å²) in [6, 6.07) is 19.5. The number of benzene rings is 2. The number of para-hydroxylation sites is 1. The molecule has 2 fully saturated rings. The lowest BCUT2D eigenvalue weighted by atomic mass is 9.69. The molecule has 5 rings (SSSR count). The maximum absolute atomic E-state index is 12.9. The van der Waals surface area contributed by atoms with Gasteiger partial charge in [-0.15, -0.1) is 0 Å². The number of nitriles is 1. The Morgan fingerprint density at radius 3 is 2.65 bits per heavy atom. The quantitative estimate of drug-likeness (QED) is 0.618. The molecule has 0 spiro atoms. The molecule has 0 bridgehead atoms. The van der Waals surface area contributed by atoms with Gasteiger partial charge in [0.25, 0.3) is 5.91 Å². The molecule has 0 radical (unpaired) electrons. The number of amides is 1. The summed E-state index contributed by atoms with van der Waals surface area (Å²) in [5.41, 5.74) is 4.29. The minimum absolute atomic E-state index is 0.0788. The van der Waals surface area contributed by atoms with Crippen LogP contribution < -0.4 is 10.6 Å². The fourth-order valence-electron chi connectivity index (χ4n) is 4.63. The zero-order valence-electron chi connectivity index (χ0n) is 17.1. The largest absolute Gasteiger partial charge is 0.355 e. The molecule has 1 saturated heterocycles. The van der Waals surface area contributed by atoms with E-state index < -0.39 is 0 Å². The van der Waals surface area contributed by atoms with Crippen LogP contribution in [-0.2, 0) is 0 Å². The van der Waals surface area contributed by atoms with Crippen LogP contribution in [0.2, 0.25) is 0 Å². The molecule has 6 heteroatoms. The van der Waals surface area contributed by atoms with Crippen molar-refractivity contribution in [2.45, 2.75) is 18.4 Å². The van der Waals surface area contributed by atoms with Crippen LogP contribution in [0.5, 0.6) is 0 Å². The van der Waals surface area contributed by atoms with Crippen molar-refractivity contribution in [1.29, 1.82) is 5.26 Å². The Labute approximate surface area is 181 Å². The van der Waals surface area contributed by atoms with Gasteiger partial charge in [-0.1, -0.05) is 30.3 Å². The molecule has 1 aliphatic carbocycles. The Hall–Kier alpha value is -3.85. The Bertz CT molecular complexity index is 1140. The summed E-state index contributed by atoms with van der Waals surface area (Å²) in [6.07, 6.45) is 7.81. The third-order valence-electron chi connectivity index (χ3n) is 6.47. The van der Waals surface area contributed by atoms with Gasteiger partial charge in [0.15, 0.2) is 6.19 Å². The minimum Gasteiger partial charge on any atom is -0.355 e. The number of carbonyl (C=O) groups is 1. The van der Waals surface area contributed by atoms with Gasteiger partial charge < -0.3 is 15.5 Å². The predicted molar refractivity (Wildman–Crippen MR) is 120 cm³/mol. The number of fused-ring (bicyclic) bond motifs is 1. The lowest BCUT2D eigenvalue weighted by Gasteiger charge is -2.44. The number of aromatic nitrogens is 1. The van der Waals surface area contributed by atoms with E-state index in [9.17, 15) is 10.1 Å². The molecule has 1 saturated carbocycles. The van der Waals surface area contributed by atoms with Gasteiger partial charge in [0, 0.05) is 47.4 Å². The van der Waals surface area contributed by atoms with Crippen LogP contribution in [0.15, 0.2) is 73.1 Å². The van der Waals surface area contributed by atoms with Crippen LogP contribution in [-0.4, -0.2) is 34.4 Å². The Morgan fingerprint density at radius 1 is 1.13 bits per heavy atom. The fourth-order valence-corrected chi connectivity index (χ4v) is 4.63. The van der Waals surface area contributed by atoms with Crippen molar-refractivity contribution in [2.24, 2.45) is 5.92 Å². The molecule has 1 aliphatic heterocycles. The van der Waals surface area contributed by atoms with E-state index in [1.807, 2.05) is 66.9 Å². The summed E-state index contributed by atoms with van der Waals surface area (Å²) in [5, 5.41) is 15.9. The molecule has 1 aromatic heterocycles. The van der Waals surface area contributed by atoms with Gasteiger partial charge in [-0.05, 0) is 48.7 Å². The van der Waals surface area contributed by atoms with E-state index in [1.54, 1.807) is 11.1 Å². The van der Waals surface area contributed by atoms with Crippen molar-refractivity contribution in [2.75, 3.05) is 18.4 Å². The number of nitrogens with one attached hydrogen (secondary N) is 2. The van der Waals surface area contributed by atoms with Crippen molar-refractivity contribution in [1.82, 2.24) is 15.2 Å². The fraction of sp³-hybridized carbons (Fsp3) is 0.240. The first kappa shape index (κ1) is 19.1. The normalized spacial score (nSPS) is 21.5. The highest BCUT2D eigenvalue weighted by Gasteiger charge is 2.54. The van der Waals surface area contributed by atoms with Crippen LogP contribution in [0.4, 0.5) is 11.4 Å². The molecule has 2 N–H and O–H groups in total. The number of rotatable bonds is 5. The van der Waals surface area contributed by atoms with E-state index in [-0.39, 0.29) is 11.4 Å². The molecule has 2 atom stereocenters. The molecular formula is C25H23N5O. The number of likely N-dealkylation sites (tertiary alicyclic amines) is 1. The summed E-state index contributed by atoms with van der Waals surface area (Å²) in [7, 11) is 0. The highest BCUT2D eigenvalue weighted by molar-refractivity contribution is 5.95. The number of hydrogen-bond donors (Lipinski definition) is 2. The first-order valence-corrected chi connectivity index (χ1v) is 10.5. The third kappa shape index (κ3) is 3.59. The van der Waals surface area contributed by atoms with Crippen LogP contribution in [0.3, 0.4) is 0 Å². The zero-order valence-corrected chi connectivity index (χ0v) is 17.1. The van der Waals surface area contributed by atoms with Gasteiger partial charge in [0.05, 0.1) is 12.1 Å². The molecule has 31 heavy (non-hydrogen) atoms. The lowest BCUT2D eigenvalue weighted by Crippen LogP contribution is -2.60. The van der Waals surface area contributed by atoms with E-state index >= 15 is 0 Å². The number of anilines is 2. The topological polar surface area (TPSA) is 81.1 Å². The zero-order chi connectivity index (χ0) is 21.3. The number of nitrogens with zero attached hydrogens (tertiary/aromatic N) is 3. The molecule has 154 valence electrons. The summed E-state index contributed by atoms with van der Waals surface area (Å²) in [6.45, 7) is 1.36. The highest BCUT2D eigenvalue weighted by atomic mass is 16.1. The first-order chi connectivity index (χ1) is 15.2. The average Bonchev–Trinajstić information content (AvgIpc) is 3.05. The van der Waals surface area contributed by atoms with E-state index in [2.05, 4.69) is 21.8 Å². The predicted octanol–water partition coefficient (Wildman–Crippen LogP) is 4.17. The van der Waals surface area contributed by atoms with Crippen molar-refractivity contribution >= 4 is 17.3 Å². The van der Waals surface area contributed by atoms with E-state index in [0.29, 0.717) is 18.0 Å². The van der Waals surface area contributed by atoms with Gasteiger partial charge >= 0.3 is 0 Å². The first-order valence-electron chi connectivity index (χ1n) is 10.5. The SMILES string of the molecule is N#CN1CC2CC[C@]2(NC(=O)c2ccc(-c3cnccc3Nc3ccccc3)cc2)C1. The Balaban J connectivity index is 1.33. The molecule has 1 unspecified atom stereocenters. The summed E-state index contributed by atoms with van der Waals surface area (Å²) < 4.78 is 0. The number of carbonyl (C=O) groups excluding carboxylic acids is 1. The summed E-state index contributed by atoms with van der Waals surface area (Å²) >= 11 is 0. The monoisotopic (exact) mass is 409 g/mol. The second-order valence-corrected chi connectivity index (χ2v) is 8.32. The van der Waals surface area contributed by atoms with Crippen LogP contribution in [0.25, 0.3) is 11.1 Å². The van der Waals surface area contributed by atoms with Gasteiger partial charge in [0.1, 0.15) is 0 Å². The van der Waals surface area contributed by atoms with Gasteiger partial charge in [-0.25, -0.2) is 0 Å². The van der Waals surface area contributed by atoms with Crippen molar-refractivity contribution in [3.8, 4) is 17.3 Å². The summed E-state index contributed by atoms with van der Waals surface area (Å²) in [4.78, 5) is 18.9. The summed E-state index contributed by atoms with van der Waals surface area (Å²) in [5.74, 6) is 0.294. The molecule has 2 heterocycles. The molecule has 3 aromatic rings. The Kier molecular flexibility index (Phi) is 4.79. The van der Waals surface area contributed by atoms with Gasteiger partial charge in [-0.3, -0.25) is 9.78 Å². The van der Waals surface area contributed by atoms with Gasteiger partial charge in [0.2, 0.25) is 0 Å². The number of hydrogen-bond acceptors (Lipinski definition) is 5. The van der Waals surface area contributed by atoms with E-state index in [0.717, 1.165) is 41.9 Å². The third-order valence-corrected chi connectivity index (χ3v) is 6.47. The van der Waals surface area contributed by atoms with Crippen LogP contribution >= 0.6 is 0 Å². The van der Waals surface area contributed by atoms with Crippen LogP contribution in [0, 0.1) is 17.4 Å². The van der Waals surface area contributed by atoms with E-state index in [1.165, 1.54) is 0 Å². The minimum atomic E-state index is -0.248. The smallest absolute Gasteiger partial charge is 0.251 e. The van der Waals surface area contributed by atoms with Crippen molar-refractivity contribution in [3.05, 3.63) is 78.6 Å². The molecule has 2 aromatic carbocycles. The van der Waals surface area contributed by atoms with Crippen molar-refractivity contribution in [3.63, 3.8) is 0 Å². The standard InChI is InChI=1S/C25H23N5O/c26-17-30-15-20-10-12-25(20,16-30)29-24(31)19-8-6-18(7-9-19)22-14-27-13-11-23(22)28-21-4-2-1-3-5-21/h1-9,11,13-14,20H,10,12,15-16H2,(H,27,28)(H,29,31)/t20?,25-/m0/s1. The average molecular weight is 409 g/mol. The second-order valence-electron chi connectivity index (χ2n) is 8.32. The molecular weight excluding hydrogens is 386 g/mol. The lowest BCUT2D eigenvalue weighted by molar-refractivity contribution is 0.0762. The molecule has 2 aliphatic rings. The Morgan fingerprint density at radius 2 is 1.94 bits per heavy atom. The van der Waals surface area contributed by atoms with Crippen molar-refractivity contribution < 1.29 is 4.79 Å². The molecule has 6 nitrogen and oxygen atoms in total. The maximum Gasteiger partial charge on any atom is 0.251 e. The highest BCUT2D eigenvalue weighted by Crippen LogP contribution is 2.44. The van der Waals surface area contributed by atoms with E-state index in [4.69, 9.17) is 0 Å². The molecule has 1 amide bonds. The number of pyridine rings is 1. The van der Waals surface area contributed by atoms with Gasteiger partial charge in [-0.2, -0.15) is 5.26 Å². The second kappa shape index (κ2) is 7.77. The maximum atomic E-state index is 12.9.